The van der Waals surface area contributed by atoms with Gasteiger partial charge in [-0.3, -0.25) is 9.69 Å². The van der Waals surface area contributed by atoms with Crippen molar-refractivity contribution in [3.8, 4) is 0 Å². The largest absolute Gasteiger partial charge is 0.465 e. The summed E-state index contributed by atoms with van der Waals surface area (Å²) in [7, 11) is 0. The SMILES string of the molecule is CCCC(=O)OCCc1nccc(N2[C@H](C)CN(Cc3ccccc3)C[C@@H]2C)n1. The van der Waals surface area contributed by atoms with Gasteiger partial charge in [0.05, 0.1) is 6.61 Å². The van der Waals surface area contributed by atoms with E-state index in [1.165, 1.54) is 5.56 Å². The molecule has 2 heterocycles. The molecule has 0 unspecified atom stereocenters. The molecule has 1 aliphatic heterocycles. The molecule has 2 atom stereocenters. The van der Waals surface area contributed by atoms with Gasteiger partial charge in [-0.2, -0.15) is 0 Å². The minimum absolute atomic E-state index is 0.152. The van der Waals surface area contributed by atoms with Crippen molar-refractivity contribution < 1.29 is 9.53 Å². The van der Waals surface area contributed by atoms with Crippen LogP contribution in [0.5, 0.6) is 0 Å². The Labute approximate surface area is 173 Å². The Morgan fingerprint density at radius 1 is 1.14 bits per heavy atom. The Balaban J connectivity index is 1.59. The molecule has 6 heteroatoms. The summed E-state index contributed by atoms with van der Waals surface area (Å²) < 4.78 is 5.25. The molecule has 0 amide bonds. The second kappa shape index (κ2) is 10.3. The molecule has 29 heavy (non-hydrogen) atoms. The van der Waals surface area contributed by atoms with Crippen molar-refractivity contribution >= 4 is 11.8 Å². The van der Waals surface area contributed by atoms with Crippen molar-refractivity contribution in [2.45, 2.75) is 58.7 Å². The molecule has 156 valence electrons. The van der Waals surface area contributed by atoms with Crippen molar-refractivity contribution in [1.82, 2.24) is 14.9 Å². The van der Waals surface area contributed by atoms with E-state index in [4.69, 9.17) is 9.72 Å². The van der Waals surface area contributed by atoms with Crippen molar-refractivity contribution in [2.75, 3.05) is 24.6 Å². The fraction of sp³-hybridized carbons (Fsp3) is 0.522. The van der Waals surface area contributed by atoms with E-state index in [9.17, 15) is 4.79 Å². The lowest BCUT2D eigenvalue weighted by Crippen LogP contribution is -2.56. The van der Waals surface area contributed by atoms with Crippen LogP contribution in [0.1, 0.15) is 45.0 Å². The van der Waals surface area contributed by atoms with E-state index < -0.39 is 0 Å². The van der Waals surface area contributed by atoms with E-state index in [0.717, 1.165) is 37.7 Å². The molecule has 1 aromatic carbocycles. The summed E-state index contributed by atoms with van der Waals surface area (Å²) in [6, 6.07) is 13.3. The highest BCUT2D eigenvalue weighted by atomic mass is 16.5. The van der Waals surface area contributed by atoms with Gasteiger partial charge in [0.1, 0.15) is 11.6 Å². The highest BCUT2D eigenvalue weighted by Gasteiger charge is 2.30. The number of piperazine rings is 1. The van der Waals surface area contributed by atoms with Gasteiger partial charge in [-0.05, 0) is 31.9 Å². The number of ether oxygens (including phenoxy) is 1. The van der Waals surface area contributed by atoms with E-state index >= 15 is 0 Å². The van der Waals surface area contributed by atoms with Crippen molar-refractivity contribution in [2.24, 2.45) is 0 Å². The van der Waals surface area contributed by atoms with Crippen LogP contribution in [0.15, 0.2) is 42.6 Å². The van der Waals surface area contributed by atoms with E-state index in [1.807, 2.05) is 13.0 Å². The number of rotatable bonds is 8. The first-order valence-electron chi connectivity index (χ1n) is 10.6. The lowest BCUT2D eigenvalue weighted by molar-refractivity contribution is -0.143. The lowest BCUT2D eigenvalue weighted by atomic mass is 10.1. The summed E-state index contributed by atoms with van der Waals surface area (Å²) in [6.07, 6.45) is 3.61. The third-order valence-electron chi connectivity index (χ3n) is 5.24. The molecule has 3 rings (SSSR count). The molecule has 0 saturated carbocycles. The number of aromatic nitrogens is 2. The highest BCUT2D eigenvalue weighted by molar-refractivity contribution is 5.69. The minimum Gasteiger partial charge on any atom is -0.465 e. The van der Waals surface area contributed by atoms with Crippen LogP contribution in [0, 0.1) is 0 Å². The molecule has 1 aliphatic rings. The fourth-order valence-corrected chi connectivity index (χ4v) is 4.04. The van der Waals surface area contributed by atoms with E-state index in [1.54, 1.807) is 6.20 Å². The predicted molar refractivity (Wildman–Crippen MR) is 115 cm³/mol. The van der Waals surface area contributed by atoms with Crippen LogP contribution in [0.3, 0.4) is 0 Å². The molecular formula is C23H32N4O2. The molecule has 2 aromatic rings. The number of carbonyl (C=O) groups is 1. The monoisotopic (exact) mass is 396 g/mol. The highest BCUT2D eigenvalue weighted by Crippen LogP contribution is 2.24. The molecule has 0 aliphatic carbocycles. The second-order valence-corrected chi connectivity index (χ2v) is 7.84. The number of esters is 1. The van der Waals surface area contributed by atoms with Gasteiger partial charge in [0.15, 0.2) is 0 Å². The average Bonchev–Trinajstić information content (AvgIpc) is 2.69. The maximum atomic E-state index is 11.5. The van der Waals surface area contributed by atoms with Gasteiger partial charge in [-0.1, -0.05) is 37.3 Å². The third kappa shape index (κ3) is 6.00. The van der Waals surface area contributed by atoms with Gasteiger partial charge in [-0.15, -0.1) is 0 Å². The lowest BCUT2D eigenvalue weighted by Gasteiger charge is -2.45. The minimum atomic E-state index is -0.152. The Bertz CT molecular complexity index is 771. The topological polar surface area (TPSA) is 58.6 Å². The molecule has 0 bridgehead atoms. The second-order valence-electron chi connectivity index (χ2n) is 7.84. The average molecular weight is 397 g/mol. The number of benzene rings is 1. The Morgan fingerprint density at radius 3 is 2.55 bits per heavy atom. The van der Waals surface area contributed by atoms with E-state index in [-0.39, 0.29) is 5.97 Å². The van der Waals surface area contributed by atoms with Gasteiger partial charge in [0.2, 0.25) is 0 Å². The maximum Gasteiger partial charge on any atom is 0.305 e. The first kappa shape index (κ1) is 21.2. The van der Waals surface area contributed by atoms with Crippen LogP contribution in [0.25, 0.3) is 0 Å². The number of hydrogen-bond donors (Lipinski definition) is 0. The number of anilines is 1. The van der Waals surface area contributed by atoms with Crippen molar-refractivity contribution in [3.63, 3.8) is 0 Å². The summed E-state index contributed by atoms with van der Waals surface area (Å²) in [5.41, 5.74) is 1.35. The normalized spacial score (nSPS) is 19.9. The van der Waals surface area contributed by atoms with Crippen LogP contribution in [0.4, 0.5) is 5.82 Å². The summed E-state index contributed by atoms with van der Waals surface area (Å²) in [6.45, 7) is 9.76. The van der Waals surface area contributed by atoms with Crippen LogP contribution in [-0.4, -0.2) is 52.6 Å². The van der Waals surface area contributed by atoms with Crippen LogP contribution >= 0.6 is 0 Å². The third-order valence-corrected chi connectivity index (χ3v) is 5.24. The van der Waals surface area contributed by atoms with Gasteiger partial charge < -0.3 is 9.64 Å². The van der Waals surface area contributed by atoms with Gasteiger partial charge in [0.25, 0.3) is 0 Å². The zero-order valence-electron chi connectivity index (χ0n) is 17.8. The molecule has 1 saturated heterocycles. The van der Waals surface area contributed by atoms with E-state index in [0.29, 0.717) is 31.5 Å². The van der Waals surface area contributed by atoms with Crippen molar-refractivity contribution in [3.05, 3.63) is 54.0 Å². The number of nitrogens with zero attached hydrogens (tertiary/aromatic N) is 4. The standard InChI is InChI=1S/C23H32N4O2/c1-4-8-23(28)29-14-12-21-24-13-11-22(25-21)27-18(2)15-26(16-19(27)3)17-20-9-6-5-7-10-20/h5-7,9-11,13,18-19H,4,8,12,14-17H2,1-3H3/t18-,19+. The number of carbonyl (C=O) groups excluding carboxylic acids is 1. The quantitative estimate of drug-likeness (QED) is 0.637. The summed E-state index contributed by atoms with van der Waals surface area (Å²) in [4.78, 5) is 25.5. The van der Waals surface area contributed by atoms with Gasteiger partial charge in [-0.25, -0.2) is 9.97 Å². The molecule has 1 fully saturated rings. The first-order chi connectivity index (χ1) is 14.1. The van der Waals surface area contributed by atoms with Gasteiger partial charge >= 0.3 is 5.97 Å². The Kier molecular flexibility index (Phi) is 7.58. The smallest absolute Gasteiger partial charge is 0.305 e. The summed E-state index contributed by atoms with van der Waals surface area (Å²) in [5.74, 6) is 1.52. The maximum absolute atomic E-state index is 11.5. The molecule has 0 N–H and O–H groups in total. The molecular weight excluding hydrogens is 364 g/mol. The molecule has 6 nitrogen and oxygen atoms in total. The molecule has 1 aromatic heterocycles. The Morgan fingerprint density at radius 2 is 1.86 bits per heavy atom. The fourth-order valence-electron chi connectivity index (χ4n) is 4.04. The van der Waals surface area contributed by atoms with Gasteiger partial charge in [0, 0.05) is 50.8 Å². The van der Waals surface area contributed by atoms with Crippen LogP contribution in [-0.2, 0) is 22.5 Å². The van der Waals surface area contributed by atoms with E-state index in [2.05, 4.69) is 59.0 Å². The van der Waals surface area contributed by atoms with Crippen LogP contribution in [0.2, 0.25) is 0 Å². The molecule has 0 spiro atoms. The number of hydrogen-bond acceptors (Lipinski definition) is 6. The predicted octanol–water partition coefficient (Wildman–Crippen LogP) is 3.46. The summed E-state index contributed by atoms with van der Waals surface area (Å²) >= 11 is 0. The van der Waals surface area contributed by atoms with Crippen LogP contribution < -0.4 is 4.90 Å². The zero-order chi connectivity index (χ0) is 20.6. The molecule has 0 radical (unpaired) electrons. The zero-order valence-corrected chi connectivity index (χ0v) is 17.8. The summed E-state index contributed by atoms with van der Waals surface area (Å²) in [5, 5.41) is 0. The van der Waals surface area contributed by atoms with Crippen molar-refractivity contribution in [1.29, 1.82) is 0 Å². The first-order valence-corrected chi connectivity index (χ1v) is 10.6. The Hall–Kier alpha value is -2.47.